The number of rotatable bonds is 0. The fourth-order valence-electron chi connectivity index (χ4n) is 3.65. The van der Waals surface area contributed by atoms with Crippen LogP contribution >= 0.6 is 0 Å². The van der Waals surface area contributed by atoms with Gasteiger partial charge in [0.2, 0.25) is 0 Å². The van der Waals surface area contributed by atoms with Crippen molar-refractivity contribution in [2.75, 3.05) is 0 Å². The lowest BCUT2D eigenvalue weighted by atomic mass is 9.69. The summed E-state index contributed by atoms with van der Waals surface area (Å²) in [6.07, 6.45) is 7.88. The van der Waals surface area contributed by atoms with Crippen LogP contribution in [0.2, 0.25) is 0 Å². The molecule has 0 aromatic rings. The Morgan fingerprint density at radius 2 is 2.33 bits per heavy atom. The van der Waals surface area contributed by atoms with Gasteiger partial charge in [0.1, 0.15) is 0 Å². The van der Waals surface area contributed by atoms with Gasteiger partial charge in [-0.1, -0.05) is 11.6 Å². The molecular weight excluding hydrogens is 146 g/mol. The third-order valence-corrected chi connectivity index (χ3v) is 4.01. The molecule has 0 saturated heterocycles. The van der Waals surface area contributed by atoms with Crippen LogP contribution < -0.4 is 5.73 Å². The fraction of sp³-hybridized carbons (Fsp3) is 0.818. The summed E-state index contributed by atoms with van der Waals surface area (Å²) < 4.78 is 0. The van der Waals surface area contributed by atoms with Crippen molar-refractivity contribution in [3.63, 3.8) is 0 Å². The van der Waals surface area contributed by atoms with Crippen LogP contribution in [0.5, 0.6) is 0 Å². The van der Waals surface area contributed by atoms with E-state index in [9.17, 15) is 0 Å². The van der Waals surface area contributed by atoms with Gasteiger partial charge in [0.25, 0.3) is 0 Å². The highest BCUT2D eigenvalue weighted by Crippen LogP contribution is 2.57. The molecule has 2 N–H and O–H groups in total. The number of allylic oxidation sites excluding steroid dienone is 1. The maximum absolute atomic E-state index is 6.20. The van der Waals surface area contributed by atoms with Gasteiger partial charge in [0.05, 0.1) is 0 Å². The zero-order chi connectivity index (χ0) is 8.34. The van der Waals surface area contributed by atoms with E-state index in [4.69, 9.17) is 5.73 Å². The molecule has 2 saturated carbocycles. The van der Waals surface area contributed by atoms with Crippen LogP contribution in [-0.4, -0.2) is 5.54 Å². The Labute approximate surface area is 74.0 Å². The Bertz CT molecular complexity index is 252. The second kappa shape index (κ2) is 1.95. The lowest BCUT2D eigenvalue weighted by molar-refractivity contribution is 0.309. The highest BCUT2D eigenvalue weighted by molar-refractivity contribution is 5.28. The fourth-order valence-corrected chi connectivity index (χ4v) is 3.65. The smallest absolute Gasteiger partial charge is 0.0315 e. The van der Waals surface area contributed by atoms with Crippen molar-refractivity contribution in [1.29, 1.82) is 0 Å². The molecular formula is C11H17N. The molecule has 4 atom stereocenters. The topological polar surface area (TPSA) is 26.0 Å². The minimum atomic E-state index is 0.0140. The van der Waals surface area contributed by atoms with Gasteiger partial charge in [-0.2, -0.15) is 0 Å². The standard InChI is InChI=1S/C11H17N/c1-11(12)5-7-2-8-4-9(6-11)10(8)3-7/h6-8,10H,2-5,12H2,1H3. The van der Waals surface area contributed by atoms with Crippen molar-refractivity contribution < 1.29 is 0 Å². The summed E-state index contributed by atoms with van der Waals surface area (Å²) in [5.41, 5.74) is 7.90. The van der Waals surface area contributed by atoms with Crippen LogP contribution in [0.1, 0.15) is 32.6 Å². The minimum absolute atomic E-state index is 0.0140. The van der Waals surface area contributed by atoms with E-state index in [2.05, 4.69) is 13.0 Å². The van der Waals surface area contributed by atoms with Crippen molar-refractivity contribution in [1.82, 2.24) is 0 Å². The molecule has 0 aromatic heterocycles. The Kier molecular flexibility index (Phi) is 1.16. The Balaban J connectivity index is 2.00. The van der Waals surface area contributed by atoms with E-state index in [-0.39, 0.29) is 5.54 Å². The summed E-state index contributed by atoms with van der Waals surface area (Å²) in [4.78, 5) is 0. The maximum atomic E-state index is 6.20. The summed E-state index contributed by atoms with van der Waals surface area (Å²) in [6, 6.07) is 0. The van der Waals surface area contributed by atoms with E-state index >= 15 is 0 Å². The molecule has 0 heterocycles. The molecule has 3 aliphatic rings. The van der Waals surface area contributed by atoms with Crippen molar-refractivity contribution >= 4 is 0 Å². The third-order valence-electron chi connectivity index (χ3n) is 4.01. The van der Waals surface area contributed by atoms with Crippen molar-refractivity contribution in [2.24, 2.45) is 23.5 Å². The lowest BCUT2D eigenvalue weighted by Gasteiger charge is -2.37. The molecule has 0 spiro atoms. The van der Waals surface area contributed by atoms with Crippen LogP contribution in [-0.2, 0) is 0 Å². The molecule has 0 amide bonds. The summed E-state index contributed by atoms with van der Waals surface area (Å²) >= 11 is 0. The predicted octanol–water partition coefficient (Wildman–Crippen LogP) is 2.08. The van der Waals surface area contributed by atoms with Crippen LogP contribution in [0.15, 0.2) is 11.6 Å². The normalized spacial score (nSPS) is 55.8. The first-order valence-electron chi connectivity index (χ1n) is 5.14. The van der Waals surface area contributed by atoms with E-state index in [0.717, 1.165) is 17.8 Å². The van der Waals surface area contributed by atoms with Gasteiger partial charge in [-0.15, -0.1) is 0 Å². The predicted molar refractivity (Wildman–Crippen MR) is 49.6 cm³/mol. The van der Waals surface area contributed by atoms with Crippen molar-refractivity contribution in [3.05, 3.63) is 11.6 Å². The van der Waals surface area contributed by atoms with Crippen molar-refractivity contribution in [2.45, 2.75) is 38.1 Å². The Hall–Kier alpha value is -0.300. The monoisotopic (exact) mass is 163 g/mol. The van der Waals surface area contributed by atoms with E-state index < -0.39 is 0 Å². The number of hydrogen-bond acceptors (Lipinski definition) is 1. The first kappa shape index (κ1) is 7.14. The quantitative estimate of drug-likeness (QED) is 0.544. The molecule has 3 rings (SSSR count). The molecule has 0 aromatic carbocycles. The first-order valence-corrected chi connectivity index (χ1v) is 5.14. The van der Waals surface area contributed by atoms with E-state index in [1.165, 1.54) is 25.7 Å². The van der Waals surface area contributed by atoms with Gasteiger partial charge < -0.3 is 5.73 Å². The zero-order valence-electron chi connectivity index (χ0n) is 7.72. The van der Waals surface area contributed by atoms with Gasteiger partial charge in [-0.25, -0.2) is 0 Å². The Morgan fingerprint density at radius 1 is 1.50 bits per heavy atom. The van der Waals surface area contributed by atoms with Crippen molar-refractivity contribution in [3.8, 4) is 0 Å². The summed E-state index contributed by atoms with van der Waals surface area (Å²) in [5.74, 6) is 2.95. The molecule has 3 aliphatic carbocycles. The number of hydrogen-bond donors (Lipinski definition) is 1. The van der Waals surface area contributed by atoms with E-state index in [0.29, 0.717) is 0 Å². The minimum Gasteiger partial charge on any atom is -0.322 e. The van der Waals surface area contributed by atoms with Crippen LogP contribution in [0.4, 0.5) is 0 Å². The third kappa shape index (κ3) is 0.832. The zero-order valence-corrected chi connectivity index (χ0v) is 7.72. The molecule has 2 bridgehead atoms. The maximum Gasteiger partial charge on any atom is 0.0315 e. The highest BCUT2D eigenvalue weighted by atomic mass is 14.7. The van der Waals surface area contributed by atoms with E-state index in [1.807, 2.05) is 0 Å². The van der Waals surface area contributed by atoms with E-state index in [1.54, 1.807) is 5.57 Å². The van der Waals surface area contributed by atoms with Gasteiger partial charge in [0, 0.05) is 5.54 Å². The lowest BCUT2D eigenvalue weighted by Crippen LogP contribution is -2.38. The second-order valence-corrected chi connectivity index (χ2v) is 5.34. The van der Waals surface area contributed by atoms with Crippen LogP contribution in [0.3, 0.4) is 0 Å². The molecule has 0 radical (unpaired) electrons. The molecule has 1 nitrogen and oxygen atoms in total. The van der Waals surface area contributed by atoms with Gasteiger partial charge in [0.15, 0.2) is 0 Å². The Morgan fingerprint density at radius 3 is 3.17 bits per heavy atom. The molecule has 0 aliphatic heterocycles. The molecule has 4 unspecified atom stereocenters. The molecule has 2 fully saturated rings. The van der Waals surface area contributed by atoms with Gasteiger partial charge in [-0.3, -0.25) is 0 Å². The van der Waals surface area contributed by atoms with Gasteiger partial charge >= 0.3 is 0 Å². The molecule has 66 valence electrons. The van der Waals surface area contributed by atoms with Crippen LogP contribution in [0, 0.1) is 17.8 Å². The van der Waals surface area contributed by atoms with Crippen LogP contribution in [0.25, 0.3) is 0 Å². The summed E-state index contributed by atoms with van der Waals surface area (Å²) in [5, 5.41) is 0. The summed E-state index contributed by atoms with van der Waals surface area (Å²) in [7, 11) is 0. The molecule has 12 heavy (non-hydrogen) atoms. The molecule has 1 heteroatoms. The second-order valence-electron chi connectivity index (χ2n) is 5.34. The highest BCUT2D eigenvalue weighted by Gasteiger charge is 2.47. The number of fused-ring (bicyclic) bond motifs is 1. The first-order chi connectivity index (χ1) is 5.64. The van der Waals surface area contributed by atoms with Gasteiger partial charge in [-0.05, 0) is 50.4 Å². The average molecular weight is 163 g/mol. The SMILES string of the molecule is CC1(N)C=C2CC3CC(CC23)C1. The average Bonchev–Trinajstić information content (AvgIpc) is 2.16. The largest absolute Gasteiger partial charge is 0.322 e. The number of nitrogens with two attached hydrogens (primary N) is 1. The summed E-state index contributed by atoms with van der Waals surface area (Å²) in [6.45, 7) is 2.19.